The number of nitrogens with one attached hydrogen (secondary N) is 2. The zero-order chi connectivity index (χ0) is 23.0. The zero-order valence-corrected chi connectivity index (χ0v) is 18.7. The lowest BCUT2D eigenvalue weighted by atomic mass is 10.2. The fourth-order valence-electron chi connectivity index (χ4n) is 3.03. The normalized spacial score (nSPS) is 16.5. The molecule has 1 aliphatic rings. The van der Waals surface area contributed by atoms with Gasteiger partial charge in [-0.05, 0) is 36.4 Å². The highest BCUT2D eigenvalue weighted by molar-refractivity contribution is 8.15. The maximum Gasteiger partial charge on any atom is 0.264 e. The lowest BCUT2D eigenvalue weighted by molar-refractivity contribution is -0.125. The predicted octanol–water partition coefficient (Wildman–Crippen LogP) is 5.13. The van der Waals surface area contributed by atoms with E-state index in [-0.39, 0.29) is 16.9 Å². The number of azo groups is 1. The molecule has 4 rings (SSSR count). The summed E-state index contributed by atoms with van der Waals surface area (Å²) in [7, 11) is 1.60. The van der Waals surface area contributed by atoms with Gasteiger partial charge in [0.1, 0.15) is 11.0 Å². The average Bonchev–Trinajstić information content (AvgIpc) is 3.14. The Morgan fingerprint density at radius 3 is 2.36 bits per heavy atom. The number of carbonyl (C=O) groups excluding carboxylic acids is 1. The summed E-state index contributed by atoms with van der Waals surface area (Å²) in [5, 5.41) is 25.2. The largest absolute Gasteiger partial charge is 0.497 e. The van der Waals surface area contributed by atoms with Gasteiger partial charge in [0.25, 0.3) is 5.91 Å². The lowest BCUT2D eigenvalue weighted by Gasteiger charge is -2.11. The van der Waals surface area contributed by atoms with E-state index in [1.54, 1.807) is 31.4 Å². The summed E-state index contributed by atoms with van der Waals surface area (Å²) in [4.78, 5) is 13.0. The van der Waals surface area contributed by atoms with Gasteiger partial charge in [0.05, 0.1) is 12.8 Å². The van der Waals surface area contributed by atoms with E-state index in [9.17, 15) is 4.79 Å². The molecule has 1 saturated heterocycles. The molecule has 0 saturated carbocycles. The van der Waals surface area contributed by atoms with Crippen molar-refractivity contribution in [2.75, 3.05) is 19.0 Å². The Hall–Kier alpha value is -3.98. The molecular formula is C24H22N6O2S. The summed E-state index contributed by atoms with van der Waals surface area (Å²) in [6.07, 6.45) is 0. The molecule has 3 aromatic carbocycles. The van der Waals surface area contributed by atoms with Gasteiger partial charge in [-0.25, -0.2) is 0 Å². The van der Waals surface area contributed by atoms with Crippen LogP contribution in [0.15, 0.2) is 100 Å². The van der Waals surface area contributed by atoms with Crippen LogP contribution in [-0.4, -0.2) is 40.8 Å². The Balaban J connectivity index is 1.55. The van der Waals surface area contributed by atoms with Crippen LogP contribution in [0.25, 0.3) is 0 Å². The second-order valence-corrected chi connectivity index (χ2v) is 8.19. The molecule has 33 heavy (non-hydrogen) atoms. The van der Waals surface area contributed by atoms with Gasteiger partial charge in [-0.1, -0.05) is 60.3 Å². The molecule has 1 aliphatic heterocycles. The number of hydrogen-bond acceptors (Lipinski definition) is 7. The van der Waals surface area contributed by atoms with Crippen LogP contribution in [0.2, 0.25) is 0 Å². The molecule has 3 aromatic rings. The van der Waals surface area contributed by atoms with Crippen LogP contribution < -0.4 is 10.1 Å². The van der Waals surface area contributed by atoms with Gasteiger partial charge in [0.15, 0.2) is 5.17 Å². The number of methoxy groups -OCH3 is 1. The number of amidine groups is 2. The molecule has 1 heterocycles. The minimum Gasteiger partial charge on any atom is -0.497 e. The smallest absolute Gasteiger partial charge is 0.264 e. The van der Waals surface area contributed by atoms with Crippen LogP contribution >= 0.6 is 11.8 Å². The first kappa shape index (κ1) is 22.2. The van der Waals surface area contributed by atoms with Crippen molar-refractivity contribution >= 4 is 40.0 Å². The third kappa shape index (κ3) is 5.64. The Labute approximate surface area is 195 Å². The van der Waals surface area contributed by atoms with Crippen molar-refractivity contribution in [2.24, 2.45) is 15.3 Å². The molecule has 1 amide bonds. The number of nitrogens with zero attached hydrogens (tertiary/aromatic N) is 4. The summed E-state index contributed by atoms with van der Waals surface area (Å²) >= 11 is 1.16. The van der Waals surface area contributed by atoms with Crippen LogP contribution in [0.1, 0.15) is 5.56 Å². The van der Waals surface area contributed by atoms with Crippen molar-refractivity contribution in [3.05, 3.63) is 90.5 Å². The summed E-state index contributed by atoms with van der Waals surface area (Å²) in [6, 6.07) is 26.0. The number of ether oxygens (including phenoxy) is 1. The molecule has 0 radical (unpaired) electrons. The number of hydrazone groups is 1. The minimum atomic E-state index is -0.461. The second-order valence-electron chi connectivity index (χ2n) is 7.00. The van der Waals surface area contributed by atoms with Crippen molar-refractivity contribution in [3.63, 3.8) is 0 Å². The molecule has 0 bridgehead atoms. The summed E-state index contributed by atoms with van der Waals surface area (Å²) < 4.78 is 5.16. The Bertz CT molecular complexity index is 1170. The number of anilines is 1. The molecule has 2 N–H and O–H groups in total. The highest BCUT2D eigenvalue weighted by Gasteiger charge is 2.37. The van der Waals surface area contributed by atoms with Gasteiger partial charge < -0.3 is 10.1 Å². The zero-order valence-electron chi connectivity index (χ0n) is 17.9. The standard InChI is InChI=1S/C24H22N6O2S/c1-32-20-14-12-19(13-15-20)27-28-22(17-8-4-2-5-9-17)29-30-23(31)21(33-24(30)25)16-26-18-10-6-3-7-11-18/h2-15,21,25-26H,16H2,1H3/b25-24?,28-27?,29-22-. The lowest BCUT2D eigenvalue weighted by Crippen LogP contribution is -2.31. The van der Waals surface area contributed by atoms with Crippen molar-refractivity contribution in [1.29, 1.82) is 5.41 Å². The first-order valence-electron chi connectivity index (χ1n) is 10.2. The van der Waals surface area contributed by atoms with Crippen molar-refractivity contribution in [3.8, 4) is 5.75 Å². The monoisotopic (exact) mass is 458 g/mol. The van der Waals surface area contributed by atoms with E-state index in [4.69, 9.17) is 10.1 Å². The SMILES string of the molecule is COc1ccc(N=N/C(=N\N2C(=N)SC(CNc3ccccc3)C2=O)c2ccccc2)cc1. The van der Waals surface area contributed by atoms with E-state index in [0.717, 1.165) is 22.5 Å². The maximum absolute atomic E-state index is 13.0. The maximum atomic E-state index is 13.0. The van der Waals surface area contributed by atoms with E-state index in [1.807, 2.05) is 60.7 Å². The van der Waals surface area contributed by atoms with E-state index >= 15 is 0 Å². The summed E-state index contributed by atoms with van der Waals surface area (Å²) in [6.45, 7) is 0.385. The number of amides is 1. The number of carbonyl (C=O) groups is 1. The van der Waals surface area contributed by atoms with Crippen LogP contribution in [0.5, 0.6) is 5.75 Å². The highest BCUT2D eigenvalue weighted by atomic mass is 32.2. The van der Waals surface area contributed by atoms with Gasteiger partial charge in [-0.3, -0.25) is 10.2 Å². The molecule has 0 spiro atoms. The van der Waals surface area contributed by atoms with Crippen LogP contribution in [0.3, 0.4) is 0 Å². The number of para-hydroxylation sites is 1. The first-order chi connectivity index (χ1) is 16.1. The molecule has 0 aromatic heterocycles. The molecule has 1 unspecified atom stereocenters. The quantitative estimate of drug-likeness (QED) is 0.291. The van der Waals surface area contributed by atoms with Gasteiger partial charge >= 0.3 is 0 Å². The van der Waals surface area contributed by atoms with Crippen molar-refractivity contribution in [2.45, 2.75) is 5.25 Å². The summed E-state index contributed by atoms with van der Waals surface area (Å²) in [5.74, 6) is 0.678. The minimum absolute atomic E-state index is 0.0490. The number of benzene rings is 3. The van der Waals surface area contributed by atoms with E-state index in [1.165, 1.54) is 0 Å². The van der Waals surface area contributed by atoms with Gasteiger partial charge in [-0.2, -0.15) is 5.01 Å². The molecule has 0 aliphatic carbocycles. The Kier molecular flexibility index (Phi) is 7.11. The van der Waals surface area contributed by atoms with E-state index in [0.29, 0.717) is 23.5 Å². The molecule has 166 valence electrons. The van der Waals surface area contributed by atoms with Gasteiger partial charge in [-0.15, -0.1) is 15.3 Å². The number of rotatable bonds is 7. The fourth-order valence-corrected chi connectivity index (χ4v) is 3.90. The number of thioether (sulfide) groups is 1. The third-order valence-corrected chi connectivity index (χ3v) is 5.80. The van der Waals surface area contributed by atoms with Crippen molar-refractivity contribution in [1.82, 2.24) is 5.01 Å². The highest BCUT2D eigenvalue weighted by Crippen LogP contribution is 2.28. The van der Waals surface area contributed by atoms with Crippen molar-refractivity contribution < 1.29 is 9.53 Å². The topological polar surface area (TPSA) is 102 Å². The van der Waals surface area contributed by atoms with Crippen LogP contribution in [-0.2, 0) is 4.79 Å². The molecule has 1 atom stereocenters. The Morgan fingerprint density at radius 1 is 1.03 bits per heavy atom. The van der Waals surface area contributed by atoms with Crippen LogP contribution in [0.4, 0.5) is 11.4 Å². The molecule has 9 heteroatoms. The van der Waals surface area contributed by atoms with Gasteiger partial charge in [0, 0.05) is 17.8 Å². The summed E-state index contributed by atoms with van der Waals surface area (Å²) in [5.41, 5.74) is 2.21. The molecule has 8 nitrogen and oxygen atoms in total. The predicted molar refractivity (Wildman–Crippen MR) is 131 cm³/mol. The fraction of sp³-hybridized carbons (Fsp3) is 0.125. The average molecular weight is 459 g/mol. The van der Waals surface area contributed by atoms with Gasteiger partial charge in [0.2, 0.25) is 5.84 Å². The van der Waals surface area contributed by atoms with E-state index < -0.39 is 5.25 Å². The van der Waals surface area contributed by atoms with Crippen LogP contribution in [0, 0.1) is 5.41 Å². The first-order valence-corrected chi connectivity index (χ1v) is 11.1. The Morgan fingerprint density at radius 2 is 1.70 bits per heavy atom. The molecular weight excluding hydrogens is 436 g/mol. The number of hydrogen-bond donors (Lipinski definition) is 2. The molecule has 1 fully saturated rings. The third-order valence-electron chi connectivity index (χ3n) is 4.76. The van der Waals surface area contributed by atoms with E-state index in [2.05, 4.69) is 20.6 Å². The second kappa shape index (κ2) is 10.6.